The first-order valence-electron chi connectivity index (χ1n) is 5.70. The van der Waals surface area contributed by atoms with Crippen molar-refractivity contribution in [2.24, 2.45) is 0 Å². The van der Waals surface area contributed by atoms with Crippen LogP contribution in [0.2, 0.25) is 0 Å². The molecule has 2 fully saturated rings. The van der Waals surface area contributed by atoms with Gasteiger partial charge in [0.2, 0.25) is 0 Å². The van der Waals surface area contributed by atoms with E-state index >= 15 is 0 Å². The predicted molar refractivity (Wildman–Crippen MR) is 65.8 cm³/mol. The van der Waals surface area contributed by atoms with Gasteiger partial charge in [0.15, 0.2) is 0 Å². The lowest BCUT2D eigenvalue weighted by atomic mass is 9.91. The highest BCUT2D eigenvalue weighted by atomic mass is 35.5. The van der Waals surface area contributed by atoms with Gasteiger partial charge in [0.1, 0.15) is 5.72 Å². The summed E-state index contributed by atoms with van der Waals surface area (Å²) < 4.78 is 5.91. The van der Waals surface area contributed by atoms with Gasteiger partial charge in [-0.2, -0.15) is 0 Å². The maximum atomic E-state index is 5.91. The molecular formula is C11H21Cl2NO. The number of hydrogen-bond acceptors (Lipinski definition) is 2. The summed E-state index contributed by atoms with van der Waals surface area (Å²) in [4.78, 5) is 2.44. The van der Waals surface area contributed by atoms with Gasteiger partial charge in [0, 0.05) is 25.4 Å². The SMILES string of the molecule is CCl.ClCCN1CCOC12CCCCC2. The largest absolute Gasteiger partial charge is 0.359 e. The molecule has 0 aromatic heterocycles. The maximum absolute atomic E-state index is 5.91. The van der Waals surface area contributed by atoms with Gasteiger partial charge in [0.25, 0.3) is 0 Å². The topological polar surface area (TPSA) is 12.5 Å². The van der Waals surface area contributed by atoms with Crippen molar-refractivity contribution in [3.63, 3.8) is 0 Å². The summed E-state index contributed by atoms with van der Waals surface area (Å²) in [5.74, 6) is 0.727. The normalized spacial score (nSPS) is 25.0. The van der Waals surface area contributed by atoms with E-state index in [0.29, 0.717) is 0 Å². The molecule has 0 atom stereocenters. The summed E-state index contributed by atoms with van der Waals surface area (Å²) >= 11 is 10.4. The van der Waals surface area contributed by atoms with Gasteiger partial charge in [-0.3, -0.25) is 4.90 Å². The number of ether oxygens (including phenoxy) is 1. The monoisotopic (exact) mass is 253 g/mol. The molecule has 1 heterocycles. The van der Waals surface area contributed by atoms with E-state index in [9.17, 15) is 0 Å². The molecule has 0 N–H and O–H groups in total. The molecule has 90 valence electrons. The summed E-state index contributed by atoms with van der Waals surface area (Å²) in [6, 6.07) is 0. The van der Waals surface area contributed by atoms with Crippen molar-refractivity contribution in [2.45, 2.75) is 37.8 Å². The Morgan fingerprint density at radius 3 is 2.47 bits per heavy atom. The van der Waals surface area contributed by atoms with E-state index < -0.39 is 0 Å². The second kappa shape index (κ2) is 6.95. The van der Waals surface area contributed by atoms with Crippen LogP contribution >= 0.6 is 23.2 Å². The third kappa shape index (κ3) is 3.23. The van der Waals surface area contributed by atoms with Crippen molar-refractivity contribution >= 4 is 23.2 Å². The fourth-order valence-corrected chi connectivity index (χ4v) is 2.83. The van der Waals surface area contributed by atoms with E-state index in [1.165, 1.54) is 38.5 Å². The molecule has 1 saturated carbocycles. The molecule has 2 nitrogen and oxygen atoms in total. The van der Waals surface area contributed by atoms with Crippen molar-refractivity contribution < 1.29 is 4.74 Å². The minimum atomic E-state index is 0.0904. The van der Waals surface area contributed by atoms with Crippen LogP contribution in [0, 0.1) is 0 Å². The Morgan fingerprint density at radius 1 is 1.20 bits per heavy atom. The van der Waals surface area contributed by atoms with Crippen LogP contribution in [-0.4, -0.2) is 42.6 Å². The summed E-state index contributed by atoms with van der Waals surface area (Å²) in [6.07, 6.45) is 7.91. The smallest absolute Gasteiger partial charge is 0.121 e. The predicted octanol–water partition coefficient (Wildman–Crippen LogP) is 3.07. The van der Waals surface area contributed by atoms with Gasteiger partial charge >= 0.3 is 0 Å². The highest BCUT2D eigenvalue weighted by molar-refractivity contribution is 6.18. The zero-order valence-corrected chi connectivity index (χ0v) is 11.0. The lowest BCUT2D eigenvalue weighted by molar-refractivity contribution is -0.105. The van der Waals surface area contributed by atoms with Crippen molar-refractivity contribution in [2.75, 3.05) is 32.0 Å². The Bertz CT molecular complexity index is 172. The molecular weight excluding hydrogens is 233 g/mol. The zero-order chi connectivity index (χ0) is 11.1. The molecule has 1 spiro atoms. The van der Waals surface area contributed by atoms with Crippen LogP contribution in [0.25, 0.3) is 0 Å². The van der Waals surface area contributed by atoms with E-state index in [-0.39, 0.29) is 5.72 Å². The van der Waals surface area contributed by atoms with E-state index in [2.05, 4.69) is 16.5 Å². The molecule has 0 aromatic rings. The van der Waals surface area contributed by atoms with Gasteiger partial charge in [-0.15, -0.1) is 23.2 Å². The van der Waals surface area contributed by atoms with Gasteiger partial charge in [0.05, 0.1) is 6.61 Å². The molecule has 0 unspecified atom stereocenters. The number of nitrogens with zero attached hydrogens (tertiary/aromatic N) is 1. The minimum Gasteiger partial charge on any atom is -0.359 e. The third-order valence-corrected chi connectivity index (χ3v) is 3.47. The second-order valence-corrected chi connectivity index (χ2v) is 4.41. The Morgan fingerprint density at radius 2 is 1.87 bits per heavy atom. The average Bonchev–Trinajstić information content (AvgIpc) is 2.66. The van der Waals surface area contributed by atoms with Crippen molar-refractivity contribution in [1.29, 1.82) is 0 Å². The first-order chi connectivity index (χ1) is 7.37. The van der Waals surface area contributed by atoms with Crippen molar-refractivity contribution in [3.8, 4) is 0 Å². The highest BCUT2D eigenvalue weighted by Crippen LogP contribution is 2.37. The fraction of sp³-hybridized carbons (Fsp3) is 1.00. The molecule has 0 bridgehead atoms. The number of rotatable bonds is 2. The first kappa shape index (κ1) is 13.6. The Balaban J connectivity index is 0.000000531. The van der Waals surface area contributed by atoms with Crippen LogP contribution in [0.1, 0.15) is 32.1 Å². The van der Waals surface area contributed by atoms with Crippen LogP contribution in [-0.2, 0) is 4.74 Å². The first-order valence-corrected chi connectivity index (χ1v) is 6.99. The molecule has 2 rings (SSSR count). The van der Waals surface area contributed by atoms with E-state index in [1.807, 2.05) is 0 Å². The highest BCUT2D eigenvalue weighted by Gasteiger charge is 2.42. The molecule has 0 radical (unpaired) electrons. The molecule has 4 heteroatoms. The standard InChI is InChI=1S/C10H18ClNO.CH3Cl/c11-6-7-12-8-9-13-10(12)4-2-1-3-5-10;1-2/h1-9H2;1H3. The Kier molecular flexibility index (Phi) is 6.28. The molecule has 15 heavy (non-hydrogen) atoms. The minimum absolute atomic E-state index is 0.0904. The van der Waals surface area contributed by atoms with E-state index in [0.717, 1.165) is 25.6 Å². The fourth-order valence-electron chi connectivity index (χ4n) is 2.62. The lowest BCUT2D eigenvalue weighted by Gasteiger charge is -2.39. The summed E-state index contributed by atoms with van der Waals surface area (Å²) in [6.45, 7) is 2.96. The molecule has 0 aromatic carbocycles. The Hall–Kier alpha value is 0.500. The Labute approximate surface area is 103 Å². The molecule has 2 aliphatic rings. The summed E-state index contributed by atoms with van der Waals surface area (Å²) in [5, 5.41) is 0. The molecule has 1 aliphatic carbocycles. The molecule has 1 aliphatic heterocycles. The van der Waals surface area contributed by atoms with Crippen molar-refractivity contribution in [3.05, 3.63) is 0 Å². The van der Waals surface area contributed by atoms with Crippen molar-refractivity contribution in [1.82, 2.24) is 4.90 Å². The van der Waals surface area contributed by atoms with Gasteiger partial charge < -0.3 is 4.74 Å². The zero-order valence-electron chi connectivity index (χ0n) is 9.48. The average molecular weight is 254 g/mol. The van der Waals surface area contributed by atoms with Crippen LogP contribution in [0.4, 0.5) is 0 Å². The van der Waals surface area contributed by atoms with E-state index in [4.69, 9.17) is 16.3 Å². The molecule has 0 amide bonds. The van der Waals surface area contributed by atoms with Gasteiger partial charge in [-0.25, -0.2) is 0 Å². The quantitative estimate of drug-likeness (QED) is 0.702. The van der Waals surface area contributed by atoms with Gasteiger partial charge in [-0.05, 0) is 25.7 Å². The summed E-state index contributed by atoms with van der Waals surface area (Å²) in [5.41, 5.74) is 0.0904. The van der Waals surface area contributed by atoms with Gasteiger partial charge in [-0.1, -0.05) is 6.42 Å². The van der Waals surface area contributed by atoms with Crippen LogP contribution in [0.5, 0.6) is 0 Å². The number of halogens is 2. The second-order valence-electron chi connectivity index (χ2n) is 4.03. The van der Waals surface area contributed by atoms with Crippen LogP contribution in [0.3, 0.4) is 0 Å². The van der Waals surface area contributed by atoms with E-state index in [1.54, 1.807) is 0 Å². The number of hydrogen-bond donors (Lipinski definition) is 0. The summed E-state index contributed by atoms with van der Waals surface area (Å²) in [7, 11) is 0. The molecule has 1 saturated heterocycles. The number of alkyl halides is 2. The maximum Gasteiger partial charge on any atom is 0.121 e. The lowest BCUT2D eigenvalue weighted by Crippen LogP contribution is -2.47. The van der Waals surface area contributed by atoms with Crippen LogP contribution < -0.4 is 0 Å². The third-order valence-electron chi connectivity index (χ3n) is 3.30. The van der Waals surface area contributed by atoms with Crippen LogP contribution in [0.15, 0.2) is 0 Å².